The highest BCUT2D eigenvalue weighted by Crippen LogP contribution is 2.05. The lowest BCUT2D eigenvalue weighted by atomic mass is 10.1. The number of rotatable bonds is 13. The van der Waals surface area contributed by atoms with Crippen LogP contribution in [0.3, 0.4) is 0 Å². The zero-order chi connectivity index (χ0) is 20.1. The highest BCUT2D eigenvalue weighted by molar-refractivity contribution is 5.96. The standard InChI is InChI=1S/C20H34N4O3/c1-5-23(6-2)15-13-21-19(25)17-9-11-18(12-10-17)20(26)27-22-14-16-24(7-3)8-4/h9-12,22H,5-8,13-16H2,1-4H3,(H,21,25). The Morgan fingerprint density at radius 1 is 0.815 bits per heavy atom. The van der Waals surface area contributed by atoms with Crippen LogP contribution in [0.15, 0.2) is 24.3 Å². The van der Waals surface area contributed by atoms with Crippen molar-refractivity contribution in [2.75, 3.05) is 52.4 Å². The van der Waals surface area contributed by atoms with Crippen molar-refractivity contribution in [1.82, 2.24) is 20.6 Å². The lowest BCUT2D eigenvalue weighted by Gasteiger charge is -2.18. The van der Waals surface area contributed by atoms with Crippen LogP contribution in [0.4, 0.5) is 0 Å². The molecule has 1 aromatic carbocycles. The summed E-state index contributed by atoms with van der Waals surface area (Å²) < 4.78 is 0. The molecule has 1 rings (SSSR count). The third-order valence-corrected chi connectivity index (χ3v) is 4.58. The van der Waals surface area contributed by atoms with Gasteiger partial charge in [0.05, 0.1) is 5.56 Å². The van der Waals surface area contributed by atoms with E-state index in [9.17, 15) is 9.59 Å². The lowest BCUT2D eigenvalue weighted by Crippen LogP contribution is -2.34. The molecule has 1 aromatic rings. The fourth-order valence-electron chi connectivity index (χ4n) is 2.65. The van der Waals surface area contributed by atoms with Crippen molar-refractivity contribution in [2.24, 2.45) is 0 Å². The van der Waals surface area contributed by atoms with Gasteiger partial charge in [0, 0.05) is 31.7 Å². The summed E-state index contributed by atoms with van der Waals surface area (Å²) in [7, 11) is 0. The van der Waals surface area contributed by atoms with Crippen LogP contribution in [-0.2, 0) is 4.84 Å². The van der Waals surface area contributed by atoms with Crippen LogP contribution in [0.1, 0.15) is 48.4 Å². The summed E-state index contributed by atoms with van der Waals surface area (Å²) in [6, 6.07) is 6.49. The van der Waals surface area contributed by atoms with Crippen molar-refractivity contribution in [3.05, 3.63) is 35.4 Å². The molecule has 0 saturated heterocycles. The van der Waals surface area contributed by atoms with Gasteiger partial charge in [0.25, 0.3) is 5.91 Å². The maximum absolute atomic E-state index is 12.2. The Hall–Kier alpha value is -1.96. The largest absolute Gasteiger partial charge is 0.367 e. The molecule has 1 amide bonds. The van der Waals surface area contributed by atoms with E-state index in [1.54, 1.807) is 24.3 Å². The van der Waals surface area contributed by atoms with E-state index in [1.807, 2.05) is 0 Å². The van der Waals surface area contributed by atoms with E-state index in [1.165, 1.54) is 0 Å². The first-order chi connectivity index (χ1) is 13.0. The average molecular weight is 379 g/mol. The Bertz CT molecular complexity index is 555. The van der Waals surface area contributed by atoms with Crippen molar-refractivity contribution in [3.8, 4) is 0 Å². The number of likely N-dealkylation sites (N-methyl/N-ethyl adjacent to an activating group) is 2. The number of hydrogen-bond acceptors (Lipinski definition) is 6. The predicted octanol–water partition coefficient (Wildman–Crippen LogP) is 1.76. The lowest BCUT2D eigenvalue weighted by molar-refractivity contribution is 0.0237. The molecule has 0 fully saturated rings. The number of hydrogen-bond donors (Lipinski definition) is 2. The fourth-order valence-corrected chi connectivity index (χ4v) is 2.65. The van der Waals surface area contributed by atoms with Crippen molar-refractivity contribution in [1.29, 1.82) is 0 Å². The number of nitrogens with zero attached hydrogens (tertiary/aromatic N) is 2. The van der Waals surface area contributed by atoms with Gasteiger partial charge in [-0.25, -0.2) is 4.79 Å². The van der Waals surface area contributed by atoms with Crippen LogP contribution in [-0.4, -0.2) is 74.0 Å². The number of hydroxylamine groups is 1. The van der Waals surface area contributed by atoms with Gasteiger partial charge in [0.1, 0.15) is 0 Å². The molecule has 152 valence electrons. The molecule has 0 aliphatic carbocycles. The Morgan fingerprint density at radius 2 is 1.30 bits per heavy atom. The Balaban J connectivity index is 2.39. The van der Waals surface area contributed by atoms with Gasteiger partial charge in [-0.15, -0.1) is 0 Å². The molecule has 0 radical (unpaired) electrons. The first kappa shape index (κ1) is 23.1. The first-order valence-corrected chi connectivity index (χ1v) is 9.82. The molecule has 27 heavy (non-hydrogen) atoms. The number of amides is 1. The molecule has 0 heterocycles. The molecule has 0 unspecified atom stereocenters. The second-order valence-corrected chi connectivity index (χ2v) is 6.17. The van der Waals surface area contributed by atoms with Gasteiger partial charge in [-0.2, -0.15) is 5.48 Å². The first-order valence-electron chi connectivity index (χ1n) is 9.82. The van der Waals surface area contributed by atoms with Gasteiger partial charge in [0.2, 0.25) is 0 Å². The molecule has 0 atom stereocenters. The molecule has 7 nitrogen and oxygen atoms in total. The van der Waals surface area contributed by atoms with Gasteiger partial charge < -0.3 is 20.0 Å². The normalized spacial score (nSPS) is 11.0. The van der Waals surface area contributed by atoms with Crippen LogP contribution in [0.5, 0.6) is 0 Å². The number of carbonyl (C=O) groups is 2. The van der Waals surface area contributed by atoms with E-state index < -0.39 is 5.97 Å². The van der Waals surface area contributed by atoms with E-state index in [4.69, 9.17) is 4.84 Å². The summed E-state index contributed by atoms with van der Waals surface area (Å²) in [6.07, 6.45) is 0. The zero-order valence-electron chi connectivity index (χ0n) is 17.1. The molecule has 2 N–H and O–H groups in total. The van der Waals surface area contributed by atoms with E-state index in [-0.39, 0.29) is 5.91 Å². The van der Waals surface area contributed by atoms with Gasteiger partial charge in [-0.05, 0) is 50.4 Å². The van der Waals surface area contributed by atoms with E-state index in [0.717, 1.165) is 39.3 Å². The summed E-state index contributed by atoms with van der Waals surface area (Å²) >= 11 is 0. The minimum atomic E-state index is -0.456. The van der Waals surface area contributed by atoms with E-state index in [2.05, 4.69) is 48.3 Å². The average Bonchev–Trinajstić information content (AvgIpc) is 2.71. The Morgan fingerprint density at radius 3 is 1.81 bits per heavy atom. The SMILES string of the molecule is CCN(CC)CCNOC(=O)c1ccc(C(=O)NCCN(CC)CC)cc1. The predicted molar refractivity (Wildman–Crippen MR) is 108 cm³/mol. The van der Waals surface area contributed by atoms with Gasteiger partial charge in [0.15, 0.2) is 0 Å². The van der Waals surface area contributed by atoms with Crippen molar-refractivity contribution in [3.63, 3.8) is 0 Å². The number of benzene rings is 1. The highest BCUT2D eigenvalue weighted by Gasteiger charge is 2.10. The van der Waals surface area contributed by atoms with E-state index >= 15 is 0 Å². The molecule has 0 aliphatic heterocycles. The second kappa shape index (κ2) is 13.2. The molecule has 0 saturated carbocycles. The summed E-state index contributed by atoms with van der Waals surface area (Å²) in [5.41, 5.74) is 3.63. The Labute approximate surface area is 163 Å². The van der Waals surface area contributed by atoms with E-state index in [0.29, 0.717) is 24.2 Å². The summed E-state index contributed by atoms with van der Waals surface area (Å²) in [5.74, 6) is -0.595. The molecule has 7 heteroatoms. The summed E-state index contributed by atoms with van der Waals surface area (Å²) in [5, 5.41) is 2.90. The minimum absolute atomic E-state index is 0.139. The summed E-state index contributed by atoms with van der Waals surface area (Å²) in [4.78, 5) is 33.7. The van der Waals surface area contributed by atoms with Crippen LogP contribution in [0, 0.1) is 0 Å². The number of carbonyl (C=O) groups excluding carboxylic acids is 2. The van der Waals surface area contributed by atoms with Crippen LogP contribution < -0.4 is 10.8 Å². The maximum Gasteiger partial charge on any atom is 0.356 e. The topological polar surface area (TPSA) is 73.9 Å². The van der Waals surface area contributed by atoms with Gasteiger partial charge in [-0.3, -0.25) is 4.79 Å². The molecule has 0 aromatic heterocycles. The van der Waals surface area contributed by atoms with Crippen LogP contribution in [0.25, 0.3) is 0 Å². The quantitative estimate of drug-likeness (QED) is 0.402. The zero-order valence-corrected chi connectivity index (χ0v) is 17.1. The molecular formula is C20H34N4O3. The van der Waals surface area contributed by atoms with Crippen molar-refractivity contribution in [2.45, 2.75) is 27.7 Å². The number of nitrogens with one attached hydrogen (secondary N) is 2. The second-order valence-electron chi connectivity index (χ2n) is 6.17. The van der Waals surface area contributed by atoms with Crippen molar-refractivity contribution < 1.29 is 14.4 Å². The molecule has 0 spiro atoms. The Kier molecular flexibility index (Phi) is 11.3. The monoisotopic (exact) mass is 378 g/mol. The fraction of sp³-hybridized carbons (Fsp3) is 0.600. The maximum atomic E-state index is 12.2. The van der Waals surface area contributed by atoms with Gasteiger partial charge in [-0.1, -0.05) is 27.7 Å². The smallest absolute Gasteiger partial charge is 0.356 e. The van der Waals surface area contributed by atoms with Crippen molar-refractivity contribution >= 4 is 11.9 Å². The highest BCUT2D eigenvalue weighted by atomic mass is 16.7. The van der Waals surface area contributed by atoms with Crippen LogP contribution in [0.2, 0.25) is 0 Å². The third-order valence-electron chi connectivity index (χ3n) is 4.58. The minimum Gasteiger partial charge on any atom is -0.367 e. The molecule has 0 aliphatic rings. The molecular weight excluding hydrogens is 344 g/mol. The van der Waals surface area contributed by atoms with Gasteiger partial charge >= 0.3 is 5.97 Å². The third kappa shape index (κ3) is 8.51. The molecule has 0 bridgehead atoms. The van der Waals surface area contributed by atoms with Crippen LogP contribution >= 0.6 is 0 Å². The summed E-state index contributed by atoms with van der Waals surface area (Å²) in [6.45, 7) is 15.0.